The highest BCUT2D eigenvalue weighted by molar-refractivity contribution is 7.12. The fraction of sp³-hybridized carbons (Fsp3) is 0.524. The van der Waals surface area contributed by atoms with E-state index in [0.717, 1.165) is 22.7 Å². The van der Waals surface area contributed by atoms with Crippen molar-refractivity contribution in [2.45, 2.75) is 44.2 Å². The van der Waals surface area contributed by atoms with Crippen LogP contribution in [0.3, 0.4) is 0 Å². The van der Waals surface area contributed by atoms with E-state index in [1.807, 2.05) is 0 Å². The second-order valence-corrected chi connectivity index (χ2v) is 10.4. The van der Waals surface area contributed by atoms with Gasteiger partial charge in [0.2, 0.25) is 0 Å². The zero-order chi connectivity index (χ0) is 23.8. The van der Waals surface area contributed by atoms with Crippen molar-refractivity contribution in [1.82, 2.24) is 0 Å². The van der Waals surface area contributed by atoms with Crippen molar-refractivity contribution < 1.29 is 45.3 Å². The molecule has 0 atom stereocenters. The van der Waals surface area contributed by atoms with Crippen LogP contribution in [0, 0.1) is 13.8 Å². The van der Waals surface area contributed by atoms with Crippen LogP contribution in [-0.4, -0.2) is 44.2 Å². The maximum atomic E-state index is 15.1. The molecule has 33 heavy (non-hydrogen) atoms. The number of halogens is 6. The van der Waals surface area contributed by atoms with E-state index >= 15 is 17.6 Å². The number of hydrogen-bond acceptors (Lipinski definition) is 6. The van der Waals surface area contributed by atoms with E-state index in [-0.39, 0.29) is 47.3 Å². The van der Waals surface area contributed by atoms with Crippen molar-refractivity contribution in [2.24, 2.45) is 0 Å². The summed E-state index contributed by atoms with van der Waals surface area (Å²) in [6, 6.07) is 2.37. The molecule has 4 heterocycles. The first-order valence-corrected chi connectivity index (χ1v) is 11.7. The highest BCUT2D eigenvalue weighted by Gasteiger charge is 2.80. The van der Waals surface area contributed by atoms with Crippen LogP contribution in [0.2, 0.25) is 0 Å². The van der Waals surface area contributed by atoms with E-state index in [1.54, 1.807) is 0 Å². The van der Waals surface area contributed by atoms with Crippen molar-refractivity contribution >= 4 is 33.8 Å². The lowest BCUT2D eigenvalue weighted by Crippen LogP contribution is -2.48. The molecule has 12 heteroatoms. The monoisotopic (exact) mass is 512 g/mol. The number of aryl methyl sites for hydroxylation is 2. The van der Waals surface area contributed by atoms with Gasteiger partial charge in [-0.2, -0.15) is 26.3 Å². The first-order valence-electron chi connectivity index (χ1n) is 10.0. The average Bonchev–Trinajstić information content (AvgIpc) is 3.53. The Morgan fingerprint density at radius 3 is 1.33 bits per heavy atom. The Bertz CT molecular complexity index is 1030. The summed E-state index contributed by atoms with van der Waals surface area (Å²) in [5.41, 5.74) is -3.50. The fourth-order valence-corrected chi connectivity index (χ4v) is 6.28. The molecule has 0 saturated carbocycles. The minimum Gasteiger partial charge on any atom is -0.345 e. The highest BCUT2D eigenvalue weighted by atomic mass is 32.1. The third-order valence-electron chi connectivity index (χ3n) is 5.79. The molecule has 180 valence electrons. The van der Waals surface area contributed by atoms with Gasteiger partial charge in [-0.15, -0.1) is 22.7 Å². The minimum atomic E-state index is -5.62. The van der Waals surface area contributed by atoms with Gasteiger partial charge in [0.05, 0.1) is 36.2 Å². The van der Waals surface area contributed by atoms with E-state index in [0.29, 0.717) is 9.75 Å². The molecule has 0 unspecified atom stereocenters. The molecule has 2 aromatic heterocycles. The second kappa shape index (κ2) is 7.79. The Balaban J connectivity index is 1.72. The zero-order valence-corrected chi connectivity index (χ0v) is 19.0. The zero-order valence-electron chi connectivity index (χ0n) is 17.4. The van der Waals surface area contributed by atoms with Crippen LogP contribution in [0.25, 0.3) is 11.1 Å². The summed E-state index contributed by atoms with van der Waals surface area (Å²) in [4.78, 5) is 1.05. The molecular weight excluding hydrogens is 494 g/mol. The maximum absolute atomic E-state index is 15.1. The Kier molecular flexibility index (Phi) is 5.50. The van der Waals surface area contributed by atoms with Crippen LogP contribution in [-0.2, 0) is 18.9 Å². The molecule has 2 saturated heterocycles. The largest absolute Gasteiger partial charge is 0.380 e. The molecule has 2 fully saturated rings. The summed E-state index contributed by atoms with van der Waals surface area (Å²) in [5, 5.41) is 0. The molecule has 0 N–H and O–H groups in total. The lowest BCUT2D eigenvalue weighted by atomic mass is 9.95. The summed E-state index contributed by atoms with van der Waals surface area (Å²) in [7, 11) is 0. The maximum Gasteiger partial charge on any atom is 0.380 e. The second-order valence-electron chi connectivity index (χ2n) is 7.86. The average molecular weight is 512 g/mol. The van der Waals surface area contributed by atoms with Crippen molar-refractivity contribution in [3.05, 3.63) is 42.8 Å². The molecule has 0 aromatic carbocycles. The van der Waals surface area contributed by atoms with Gasteiger partial charge in [0.25, 0.3) is 0 Å². The van der Waals surface area contributed by atoms with Gasteiger partial charge in [0, 0.05) is 20.9 Å². The van der Waals surface area contributed by atoms with Crippen molar-refractivity contribution in [2.75, 3.05) is 26.4 Å². The summed E-state index contributed by atoms with van der Waals surface area (Å²) in [5.74, 6) is -15.8. The molecular formula is C21H18F6O4S2. The van der Waals surface area contributed by atoms with Gasteiger partial charge < -0.3 is 18.9 Å². The summed E-state index contributed by atoms with van der Waals surface area (Å²) in [6.07, 6.45) is -1.71. The lowest BCUT2D eigenvalue weighted by molar-refractivity contribution is -0.254. The van der Waals surface area contributed by atoms with Crippen LogP contribution in [0.5, 0.6) is 0 Å². The molecule has 4 nitrogen and oxygen atoms in total. The number of ether oxygens (including phenoxy) is 4. The van der Waals surface area contributed by atoms with Crippen molar-refractivity contribution in [1.29, 1.82) is 0 Å². The number of hydrogen-bond donors (Lipinski definition) is 0. The number of alkyl halides is 6. The predicted molar refractivity (Wildman–Crippen MR) is 109 cm³/mol. The Labute approximate surface area is 192 Å². The molecule has 0 radical (unpaired) electrons. The summed E-state index contributed by atoms with van der Waals surface area (Å²) >= 11 is 1.96. The molecule has 3 aliphatic rings. The van der Waals surface area contributed by atoms with E-state index in [2.05, 4.69) is 0 Å². The summed E-state index contributed by atoms with van der Waals surface area (Å²) < 4.78 is 111. The quantitative estimate of drug-likeness (QED) is 0.448. The number of allylic oxidation sites excluding steroid dienone is 2. The van der Waals surface area contributed by atoms with Gasteiger partial charge in [-0.3, -0.25) is 0 Å². The van der Waals surface area contributed by atoms with Crippen LogP contribution >= 0.6 is 22.7 Å². The van der Waals surface area contributed by atoms with E-state index in [1.165, 1.54) is 26.0 Å². The molecule has 0 amide bonds. The van der Waals surface area contributed by atoms with Crippen molar-refractivity contribution in [3.63, 3.8) is 0 Å². The van der Waals surface area contributed by atoms with Crippen LogP contribution in [0.4, 0.5) is 26.3 Å². The summed E-state index contributed by atoms with van der Waals surface area (Å²) in [6.45, 7) is 3.94. The minimum absolute atomic E-state index is 0.181. The Morgan fingerprint density at radius 1 is 0.667 bits per heavy atom. The molecule has 1 aliphatic carbocycles. The first-order chi connectivity index (χ1) is 15.5. The van der Waals surface area contributed by atoms with Gasteiger partial charge in [0.15, 0.2) is 12.6 Å². The van der Waals surface area contributed by atoms with Crippen molar-refractivity contribution in [3.8, 4) is 0 Å². The topological polar surface area (TPSA) is 36.9 Å². The number of thiophene rings is 2. The van der Waals surface area contributed by atoms with Gasteiger partial charge >= 0.3 is 17.8 Å². The van der Waals surface area contributed by atoms with Gasteiger partial charge in [-0.1, -0.05) is 0 Å². The van der Waals surface area contributed by atoms with E-state index in [4.69, 9.17) is 18.9 Å². The molecule has 0 bridgehead atoms. The smallest absolute Gasteiger partial charge is 0.345 e. The van der Waals surface area contributed by atoms with Gasteiger partial charge in [0.1, 0.15) is 0 Å². The van der Waals surface area contributed by atoms with Gasteiger partial charge in [-0.25, -0.2) is 0 Å². The molecule has 0 spiro atoms. The Hall–Kier alpha value is -1.44. The van der Waals surface area contributed by atoms with E-state index in [9.17, 15) is 8.78 Å². The predicted octanol–water partition coefficient (Wildman–Crippen LogP) is 6.35. The highest BCUT2D eigenvalue weighted by Crippen LogP contribution is 2.66. The van der Waals surface area contributed by atoms with Gasteiger partial charge in [-0.05, 0) is 37.1 Å². The standard InChI is InChI=1S/C21H18F6O4S2/c1-9-11(7-13(32-9)17-28-3-4-29-17)15-16(20(24,25)21(26,27)19(15,22)23)12-8-14(33-10(12)2)18-30-5-6-31-18/h7-8,17-18H,3-6H2,1-2H3. The van der Waals surface area contributed by atoms with Crippen LogP contribution in [0.15, 0.2) is 12.1 Å². The Morgan fingerprint density at radius 2 is 1.00 bits per heavy atom. The lowest BCUT2D eigenvalue weighted by Gasteiger charge is -2.25. The molecule has 2 aromatic rings. The van der Waals surface area contributed by atoms with Crippen LogP contribution in [0.1, 0.15) is 43.2 Å². The molecule has 2 aliphatic heterocycles. The van der Waals surface area contributed by atoms with E-state index < -0.39 is 41.5 Å². The van der Waals surface area contributed by atoms with Crippen LogP contribution < -0.4 is 0 Å². The SMILES string of the molecule is Cc1sc(C2OCCO2)cc1C1=C(c2cc(C3OCCO3)sc2C)C(F)(F)C(F)(F)C1(F)F. The fourth-order valence-electron chi connectivity index (χ4n) is 4.22. The third kappa shape index (κ3) is 3.33. The third-order valence-corrected chi connectivity index (χ3v) is 7.93. The normalized spacial score (nSPS) is 25.0. The first kappa shape index (κ1) is 23.3. The number of rotatable bonds is 4. The molecule has 5 rings (SSSR count).